The predicted molar refractivity (Wildman–Crippen MR) is 80.7 cm³/mol. The summed E-state index contributed by atoms with van der Waals surface area (Å²) in [4.78, 5) is 8.08. The van der Waals surface area contributed by atoms with E-state index in [2.05, 4.69) is 53.9 Å². The molecule has 4 heteroatoms. The number of hydrogen-bond donors (Lipinski definition) is 0. The molecule has 0 atom stereocenters. The van der Waals surface area contributed by atoms with Crippen molar-refractivity contribution >= 4 is 13.3 Å². The van der Waals surface area contributed by atoms with E-state index >= 15 is 0 Å². The highest BCUT2D eigenvalue weighted by Gasteiger charge is 2.16. The van der Waals surface area contributed by atoms with Gasteiger partial charge in [-0.15, -0.1) is 0 Å². The molecule has 1 aromatic heterocycles. The molecule has 0 N–H and O–H groups in total. The molecule has 0 fully saturated rings. The average Bonchev–Trinajstić information content (AvgIpc) is 2.39. The maximum atomic E-state index is 5.52. The molecule has 0 radical (unpaired) electrons. The number of rotatable bonds is 5. The zero-order valence-electron chi connectivity index (χ0n) is 11.8. The largest absolute Gasteiger partial charge is 0.463 e. The van der Waals surface area contributed by atoms with Crippen LogP contribution in [0.1, 0.15) is 5.56 Å². The van der Waals surface area contributed by atoms with Crippen molar-refractivity contribution in [2.45, 2.75) is 26.1 Å². The fourth-order valence-corrected chi connectivity index (χ4v) is 3.03. The van der Waals surface area contributed by atoms with Crippen molar-refractivity contribution in [2.75, 3.05) is 6.61 Å². The Morgan fingerprint density at radius 2 is 1.79 bits per heavy atom. The van der Waals surface area contributed by atoms with Crippen LogP contribution in [0, 0.1) is 0 Å². The first-order valence-corrected chi connectivity index (χ1v) is 10.0. The highest BCUT2D eigenvalue weighted by molar-refractivity contribution is 6.88. The first kappa shape index (κ1) is 13.7. The minimum Gasteiger partial charge on any atom is -0.463 e. The van der Waals surface area contributed by atoms with Gasteiger partial charge >= 0.3 is 6.01 Å². The summed E-state index contributed by atoms with van der Waals surface area (Å²) in [5, 5.41) is 1.49. The van der Waals surface area contributed by atoms with E-state index in [9.17, 15) is 0 Å². The van der Waals surface area contributed by atoms with Crippen LogP contribution in [0.25, 0.3) is 0 Å². The number of nitrogens with zero attached hydrogens (tertiary/aromatic N) is 2. The second-order valence-electron chi connectivity index (χ2n) is 5.58. The number of hydrogen-bond acceptors (Lipinski definition) is 3. The molecular weight excluding hydrogens is 252 g/mol. The van der Waals surface area contributed by atoms with Crippen LogP contribution in [0.4, 0.5) is 0 Å². The van der Waals surface area contributed by atoms with Gasteiger partial charge < -0.3 is 4.74 Å². The second kappa shape index (κ2) is 5.97. The topological polar surface area (TPSA) is 35.0 Å². The Morgan fingerprint density at radius 3 is 2.47 bits per heavy atom. The van der Waals surface area contributed by atoms with E-state index in [4.69, 9.17) is 4.74 Å². The van der Waals surface area contributed by atoms with E-state index in [0.29, 0.717) is 12.6 Å². The summed E-state index contributed by atoms with van der Waals surface area (Å²) in [6.45, 7) is 7.69. The Balaban J connectivity index is 1.93. The molecule has 0 saturated carbocycles. The zero-order chi connectivity index (χ0) is 13.7. The van der Waals surface area contributed by atoms with Crippen LogP contribution < -0.4 is 9.92 Å². The lowest BCUT2D eigenvalue weighted by molar-refractivity contribution is 0.296. The lowest BCUT2D eigenvalue weighted by atomic mass is 10.2. The summed E-state index contributed by atoms with van der Waals surface area (Å²) < 4.78 is 5.52. The Hall–Kier alpha value is -1.68. The van der Waals surface area contributed by atoms with Gasteiger partial charge in [0.2, 0.25) is 0 Å². The summed E-state index contributed by atoms with van der Waals surface area (Å²) in [6, 6.07) is 11.1. The lowest BCUT2D eigenvalue weighted by Gasteiger charge is -2.17. The maximum absolute atomic E-state index is 5.52. The first-order valence-electron chi connectivity index (χ1n) is 6.55. The zero-order valence-corrected chi connectivity index (χ0v) is 12.8. The van der Waals surface area contributed by atoms with E-state index in [-0.39, 0.29) is 0 Å². The Bertz CT molecular complexity index is 523. The van der Waals surface area contributed by atoms with Gasteiger partial charge in [-0.1, -0.05) is 49.1 Å². The third-order valence-corrected chi connectivity index (χ3v) is 5.00. The third kappa shape index (κ3) is 4.17. The van der Waals surface area contributed by atoms with E-state index in [1.807, 2.05) is 0 Å². The van der Waals surface area contributed by atoms with Crippen molar-refractivity contribution in [3.05, 3.63) is 48.3 Å². The summed E-state index contributed by atoms with van der Waals surface area (Å²) in [5.74, 6) is 0. The van der Waals surface area contributed by atoms with Gasteiger partial charge in [-0.25, -0.2) is 9.97 Å². The molecule has 0 unspecified atom stereocenters. The van der Waals surface area contributed by atoms with Crippen molar-refractivity contribution in [3.8, 4) is 6.01 Å². The number of ether oxygens (including phenoxy) is 1. The van der Waals surface area contributed by atoms with Crippen molar-refractivity contribution < 1.29 is 4.74 Å². The summed E-state index contributed by atoms with van der Waals surface area (Å²) in [5.41, 5.74) is 1.32. The van der Waals surface area contributed by atoms with Crippen LogP contribution in [-0.4, -0.2) is 24.6 Å². The molecular formula is C15H20N2OSi. The molecule has 2 aromatic rings. The molecule has 100 valence electrons. The molecule has 0 bridgehead atoms. The Labute approximate surface area is 115 Å². The van der Waals surface area contributed by atoms with E-state index in [0.717, 1.165) is 6.42 Å². The van der Waals surface area contributed by atoms with Gasteiger partial charge in [0.05, 0.1) is 14.7 Å². The van der Waals surface area contributed by atoms with Crippen molar-refractivity contribution in [3.63, 3.8) is 0 Å². The molecule has 2 rings (SSSR count). The summed E-state index contributed by atoms with van der Waals surface area (Å²) >= 11 is 0. The Morgan fingerprint density at radius 1 is 1.05 bits per heavy atom. The molecule has 19 heavy (non-hydrogen) atoms. The van der Waals surface area contributed by atoms with Gasteiger partial charge in [-0.3, -0.25) is 0 Å². The van der Waals surface area contributed by atoms with Crippen molar-refractivity contribution in [1.82, 2.24) is 9.97 Å². The Kier molecular flexibility index (Phi) is 4.32. The molecule has 0 saturated heterocycles. The van der Waals surface area contributed by atoms with Crippen LogP contribution in [0.3, 0.4) is 0 Å². The van der Waals surface area contributed by atoms with Crippen molar-refractivity contribution in [2.24, 2.45) is 0 Å². The average molecular weight is 272 g/mol. The summed E-state index contributed by atoms with van der Waals surface area (Å²) in [6.07, 6.45) is 4.26. The normalized spacial score (nSPS) is 11.3. The molecule has 0 spiro atoms. The molecule has 3 nitrogen and oxygen atoms in total. The van der Waals surface area contributed by atoms with E-state index in [1.54, 1.807) is 18.5 Å². The highest BCUT2D eigenvalue weighted by atomic mass is 28.3. The summed E-state index contributed by atoms with van der Waals surface area (Å²) in [7, 11) is -1.23. The fourth-order valence-electron chi connectivity index (χ4n) is 1.81. The number of benzene rings is 1. The fraction of sp³-hybridized carbons (Fsp3) is 0.333. The van der Waals surface area contributed by atoms with Crippen LogP contribution in [-0.2, 0) is 6.42 Å². The maximum Gasteiger partial charge on any atom is 0.316 e. The highest BCUT2D eigenvalue weighted by Crippen LogP contribution is 2.06. The standard InChI is InChI=1S/C15H20N2OSi/c1-19(2,3)14-7-4-6-13(12-14)8-11-18-15-16-9-5-10-17-15/h4-7,9-10,12H,8,11H2,1-3H3. The van der Waals surface area contributed by atoms with Crippen LogP contribution in [0.5, 0.6) is 6.01 Å². The molecule has 1 heterocycles. The first-order chi connectivity index (χ1) is 9.05. The molecule has 0 aliphatic heterocycles. The minimum absolute atomic E-state index is 0.448. The van der Waals surface area contributed by atoms with Gasteiger partial charge in [0.1, 0.15) is 0 Å². The van der Waals surface area contributed by atoms with Crippen molar-refractivity contribution in [1.29, 1.82) is 0 Å². The molecule has 0 amide bonds. The van der Waals surface area contributed by atoms with Gasteiger partial charge in [-0.2, -0.15) is 0 Å². The minimum atomic E-state index is -1.23. The predicted octanol–water partition coefficient (Wildman–Crippen LogP) is 2.64. The molecule has 0 aliphatic carbocycles. The number of aromatic nitrogens is 2. The van der Waals surface area contributed by atoms with E-state index < -0.39 is 8.07 Å². The van der Waals surface area contributed by atoms with Crippen LogP contribution >= 0.6 is 0 Å². The monoisotopic (exact) mass is 272 g/mol. The van der Waals surface area contributed by atoms with Gasteiger partial charge in [0.15, 0.2) is 0 Å². The molecule has 1 aromatic carbocycles. The van der Waals surface area contributed by atoms with Gasteiger partial charge in [-0.05, 0) is 11.6 Å². The van der Waals surface area contributed by atoms with Gasteiger partial charge in [0.25, 0.3) is 0 Å². The smallest absolute Gasteiger partial charge is 0.316 e. The third-order valence-electron chi connectivity index (χ3n) is 2.96. The second-order valence-corrected chi connectivity index (χ2v) is 10.7. The quantitative estimate of drug-likeness (QED) is 0.785. The van der Waals surface area contributed by atoms with Crippen LogP contribution in [0.2, 0.25) is 19.6 Å². The molecule has 0 aliphatic rings. The van der Waals surface area contributed by atoms with Crippen LogP contribution in [0.15, 0.2) is 42.7 Å². The van der Waals surface area contributed by atoms with E-state index in [1.165, 1.54) is 10.8 Å². The lowest BCUT2D eigenvalue weighted by Crippen LogP contribution is -2.37. The van der Waals surface area contributed by atoms with Gasteiger partial charge in [0, 0.05) is 18.8 Å². The SMILES string of the molecule is C[Si](C)(C)c1cccc(CCOc2ncccn2)c1.